The van der Waals surface area contributed by atoms with E-state index < -0.39 is 0 Å². The summed E-state index contributed by atoms with van der Waals surface area (Å²) in [5.74, 6) is 0. The van der Waals surface area contributed by atoms with Crippen LogP contribution >= 0.6 is 0 Å². The summed E-state index contributed by atoms with van der Waals surface area (Å²) in [4.78, 5) is 2.23. The summed E-state index contributed by atoms with van der Waals surface area (Å²) < 4.78 is 0. The summed E-state index contributed by atoms with van der Waals surface area (Å²) in [6.07, 6.45) is 0. The second-order valence-corrected chi connectivity index (χ2v) is 3.37. The first-order chi connectivity index (χ1) is 6.29. The Labute approximate surface area is 78.9 Å². The van der Waals surface area contributed by atoms with Gasteiger partial charge in [0.15, 0.2) is 0 Å². The van der Waals surface area contributed by atoms with Gasteiger partial charge in [-0.3, -0.25) is 0 Å². The van der Waals surface area contributed by atoms with Gasteiger partial charge in [0.25, 0.3) is 0 Å². The maximum Gasteiger partial charge on any atom is 0.0872 e. The van der Waals surface area contributed by atoms with Gasteiger partial charge in [0.05, 0.1) is 12.4 Å². The van der Waals surface area contributed by atoms with E-state index in [-0.39, 0.29) is 0 Å². The molecule has 1 aliphatic rings. The van der Waals surface area contributed by atoms with Crippen molar-refractivity contribution in [1.29, 1.82) is 0 Å². The van der Waals surface area contributed by atoms with E-state index in [1.807, 2.05) is 6.07 Å². The van der Waals surface area contributed by atoms with Crippen LogP contribution in [0.3, 0.4) is 0 Å². The van der Waals surface area contributed by atoms with E-state index in [0.29, 0.717) is 0 Å². The molecule has 13 heavy (non-hydrogen) atoms. The fourth-order valence-electron chi connectivity index (χ4n) is 1.72. The summed E-state index contributed by atoms with van der Waals surface area (Å²) in [7, 11) is 2.10. The van der Waals surface area contributed by atoms with E-state index in [4.69, 9.17) is 0 Å². The van der Waals surface area contributed by atoms with E-state index in [2.05, 4.69) is 48.5 Å². The van der Waals surface area contributed by atoms with Crippen LogP contribution in [0.4, 0.5) is 0 Å². The quantitative estimate of drug-likeness (QED) is 0.699. The van der Waals surface area contributed by atoms with Gasteiger partial charge >= 0.3 is 0 Å². The van der Waals surface area contributed by atoms with Gasteiger partial charge in [-0.15, -0.1) is 0 Å². The van der Waals surface area contributed by atoms with Crippen molar-refractivity contribution in [1.82, 2.24) is 10.2 Å². The second-order valence-electron chi connectivity index (χ2n) is 3.37. The molecule has 68 valence electrons. The van der Waals surface area contributed by atoms with Crippen molar-refractivity contribution in [3.05, 3.63) is 41.6 Å². The fourth-order valence-corrected chi connectivity index (χ4v) is 1.72. The number of allylic oxidation sites excluding steroid dienone is 1. The molecule has 0 radical (unpaired) electrons. The third kappa shape index (κ3) is 1.39. The lowest BCUT2D eigenvalue weighted by Crippen LogP contribution is -2.18. The molecule has 2 heteroatoms. The highest BCUT2D eigenvalue weighted by atomic mass is 15.3. The molecule has 2 rings (SSSR count). The molecule has 0 saturated heterocycles. The standard InChI is InChI=1S/C11H14N2/c1-9-11(13(2)8-12-9)10-6-4-3-5-7-10/h3-7,12H,8H2,1-2H3. The smallest absolute Gasteiger partial charge is 0.0872 e. The molecule has 0 aromatic heterocycles. The zero-order valence-corrected chi connectivity index (χ0v) is 8.04. The molecule has 1 N–H and O–H groups in total. The Morgan fingerprint density at radius 2 is 1.92 bits per heavy atom. The third-order valence-corrected chi connectivity index (χ3v) is 2.37. The minimum absolute atomic E-state index is 0.913. The second kappa shape index (κ2) is 3.13. The zero-order valence-electron chi connectivity index (χ0n) is 8.04. The Bertz CT molecular complexity index is 327. The number of nitrogens with zero attached hydrogens (tertiary/aromatic N) is 1. The van der Waals surface area contributed by atoms with E-state index in [0.717, 1.165) is 6.67 Å². The number of hydrogen-bond acceptors (Lipinski definition) is 2. The Morgan fingerprint density at radius 1 is 1.23 bits per heavy atom. The van der Waals surface area contributed by atoms with Crippen molar-refractivity contribution in [2.24, 2.45) is 0 Å². The first-order valence-corrected chi connectivity index (χ1v) is 4.50. The largest absolute Gasteiger partial charge is 0.370 e. The molecule has 0 saturated carbocycles. The highest BCUT2D eigenvalue weighted by Gasteiger charge is 2.16. The predicted octanol–water partition coefficient (Wildman–Crippen LogP) is 1.87. The van der Waals surface area contributed by atoms with Gasteiger partial charge in [-0.2, -0.15) is 0 Å². The maximum absolute atomic E-state index is 3.32. The highest BCUT2D eigenvalue weighted by Crippen LogP contribution is 2.23. The molecule has 2 nitrogen and oxygen atoms in total. The average Bonchev–Trinajstić information content (AvgIpc) is 2.48. The Morgan fingerprint density at radius 3 is 2.46 bits per heavy atom. The zero-order chi connectivity index (χ0) is 9.26. The molecule has 0 amide bonds. The minimum atomic E-state index is 0.913. The minimum Gasteiger partial charge on any atom is -0.370 e. The molecule has 0 atom stereocenters. The normalized spacial score (nSPS) is 16.3. The lowest BCUT2D eigenvalue weighted by Gasteiger charge is -2.14. The molecular formula is C11H14N2. The van der Waals surface area contributed by atoms with E-state index in [9.17, 15) is 0 Å². The third-order valence-electron chi connectivity index (χ3n) is 2.37. The molecule has 1 aromatic carbocycles. The monoisotopic (exact) mass is 174 g/mol. The van der Waals surface area contributed by atoms with Crippen molar-refractivity contribution in [3.63, 3.8) is 0 Å². The molecule has 0 fully saturated rings. The van der Waals surface area contributed by atoms with Crippen molar-refractivity contribution in [3.8, 4) is 0 Å². The lowest BCUT2D eigenvalue weighted by molar-refractivity contribution is 0.491. The van der Waals surface area contributed by atoms with Gasteiger partial charge in [0.2, 0.25) is 0 Å². The average molecular weight is 174 g/mol. The summed E-state index contributed by atoms with van der Waals surface area (Å²) >= 11 is 0. The van der Waals surface area contributed by atoms with Gasteiger partial charge < -0.3 is 10.2 Å². The lowest BCUT2D eigenvalue weighted by atomic mass is 10.1. The molecule has 0 aliphatic carbocycles. The Kier molecular flexibility index (Phi) is 1.97. The molecule has 1 heterocycles. The van der Waals surface area contributed by atoms with Crippen LogP contribution in [-0.4, -0.2) is 18.6 Å². The Hall–Kier alpha value is -1.44. The number of rotatable bonds is 1. The van der Waals surface area contributed by atoms with Crippen LogP contribution in [0.5, 0.6) is 0 Å². The van der Waals surface area contributed by atoms with Crippen LogP contribution in [0.25, 0.3) is 5.70 Å². The van der Waals surface area contributed by atoms with Crippen LogP contribution < -0.4 is 5.32 Å². The number of benzene rings is 1. The molecule has 0 spiro atoms. The predicted molar refractivity (Wildman–Crippen MR) is 54.8 cm³/mol. The summed E-state index contributed by atoms with van der Waals surface area (Å²) in [5, 5.41) is 3.32. The molecule has 1 aliphatic heterocycles. The molecule has 0 unspecified atom stereocenters. The highest BCUT2D eigenvalue weighted by molar-refractivity contribution is 5.67. The first kappa shape index (κ1) is 8.17. The number of hydrogen-bond donors (Lipinski definition) is 1. The van der Waals surface area contributed by atoms with Gasteiger partial charge in [0.1, 0.15) is 0 Å². The van der Waals surface area contributed by atoms with Crippen molar-refractivity contribution >= 4 is 5.70 Å². The van der Waals surface area contributed by atoms with Crippen LogP contribution in [-0.2, 0) is 0 Å². The molecule has 0 bridgehead atoms. The topological polar surface area (TPSA) is 15.3 Å². The van der Waals surface area contributed by atoms with Crippen molar-refractivity contribution in [2.75, 3.05) is 13.7 Å². The van der Waals surface area contributed by atoms with Crippen molar-refractivity contribution in [2.45, 2.75) is 6.92 Å². The van der Waals surface area contributed by atoms with Gasteiger partial charge in [-0.1, -0.05) is 30.3 Å². The first-order valence-electron chi connectivity index (χ1n) is 4.50. The van der Waals surface area contributed by atoms with Crippen LogP contribution in [0.2, 0.25) is 0 Å². The van der Waals surface area contributed by atoms with E-state index >= 15 is 0 Å². The van der Waals surface area contributed by atoms with E-state index in [1.165, 1.54) is 17.0 Å². The molecular weight excluding hydrogens is 160 g/mol. The summed E-state index contributed by atoms with van der Waals surface area (Å²) in [5.41, 5.74) is 3.85. The van der Waals surface area contributed by atoms with Gasteiger partial charge in [-0.25, -0.2) is 0 Å². The molecule has 1 aromatic rings. The summed E-state index contributed by atoms with van der Waals surface area (Å²) in [6.45, 7) is 3.03. The SMILES string of the molecule is CC1=C(c2ccccc2)N(C)CN1. The Balaban J connectivity index is 2.41. The van der Waals surface area contributed by atoms with Gasteiger partial charge in [-0.05, 0) is 12.5 Å². The fraction of sp³-hybridized carbons (Fsp3) is 0.273. The van der Waals surface area contributed by atoms with Gasteiger partial charge in [0, 0.05) is 12.7 Å². The van der Waals surface area contributed by atoms with Crippen LogP contribution in [0.1, 0.15) is 12.5 Å². The van der Waals surface area contributed by atoms with Crippen molar-refractivity contribution < 1.29 is 0 Å². The number of nitrogens with one attached hydrogen (secondary N) is 1. The van der Waals surface area contributed by atoms with E-state index in [1.54, 1.807) is 0 Å². The van der Waals surface area contributed by atoms with Crippen LogP contribution in [0.15, 0.2) is 36.0 Å². The van der Waals surface area contributed by atoms with Crippen LogP contribution in [0, 0.1) is 0 Å². The maximum atomic E-state index is 3.32. The summed E-state index contributed by atoms with van der Waals surface area (Å²) in [6, 6.07) is 10.5.